The minimum atomic E-state index is -2.87. The monoisotopic (exact) mass is 220 g/mol. The first kappa shape index (κ1) is 10.8. The number of rotatable bonds is 2. The molecule has 1 aromatic heterocycles. The highest BCUT2D eigenvalue weighted by Gasteiger charge is 2.18. The molecule has 0 saturated heterocycles. The van der Waals surface area contributed by atoms with Gasteiger partial charge < -0.3 is 0 Å². The van der Waals surface area contributed by atoms with E-state index in [0.717, 1.165) is 0 Å². The first-order valence-electron chi connectivity index (χ1n) is 3.53. The molecular weight excluding hydrogens is 217 g/mol. The van der Waals surface area contributed by atoms with Gasteiger partial charge in [0.1, 0.15) is 11.8 Å². The predicted octanol–water partition coefficient (Wildman–Crippen LogP) is 2.77. The lowest BCUT2D eigenvalue weighted by atomic mass is 10.1. The molecule has 1 aromatic rings. The van der Waals surface area contributed by atoms with Crippen molar-refractivity contribution in [2.75, 3.05) is 0 Å². The summed E-state index contributed by atoms with van der Waals surface area (Å²) in [6, 6.07) is 2.10. The largest absolute Gasteiger partial charge is 0.264 e. The van der Waals surface area contributed by atoms with Crippen molar-refractivity contribution in [1.29, 1.82) is 5.26 Å². The number of nitriles is 1. The fourth-order valence-corrected chi connectivity index (χ4v) is 1.27. The number of nitrogens with zero attached hydrogens (tertiary/aromatic N) is 2. The standard InChI is InChI=1S/C8H4ClF3N2/c9-2-5-4(8(11)12)1-7(10)14-6(5)3-13/h1,8H,2H2. The smallest absolute Gasteiger partial charge is 0.208 e. The fourth-order valence-electron chi connectivity index (χ4n) is 0.986. The summed E-state index contributed by atoms with van der Waals surface area (Å²) in [7, 11) is 0. The molecule has 0 amide bonds. The van der Waals surface area contributed by atoms with Crippen LogP contribution in [0.5, 0.6) is 0 Å². The Morgan fingerprint density at radius 2 is 2.21 bits per heavy atom. The van der Waals surface area contributed by atoms with Crippen LogP contribution in [0.15, 0.2) is 6.07 Å². The Kier molecular flexibility index (Phi) is 3.31. The molecule has 14 heavy (non-hydrogen) atoms. The van der Waals surface area contributed by atoms with Crippen LogP contribution in [0.2, 0.25) is 0 Å². The van der Waals surface area contributed by atoms with Gasteiger partial charge in [0.2, 0.25) is 5.95 Å². The van der Waals surface area contributed by atoms with Crippen LogP contribution in [0.25, 0.3) is 0 Å². The third kappa shape index (κ3) is 1.96. The lowest BCUT2D eigenvalue weighted by molar-refractivity contribution is 0.149. The molecule has 0 saturated carbocycles. The van der Waals surface area contributed by atoms with Gasteiger partial charge in [-0.15, -0.1) is 11.6 Å². The molecule has 1 heterocycles. The SMILES string of the molecule is N#Cc1nc(F)cc(C(F)F)c1CCl. The Hall–Kier alpha value is -1.28. The van der Waals surface area contributed by atoms with Gasteiger partial charge in [0, 0.05) is 17.2 Å². The van der Waals surface area contributed by atoms with E-state index in [1.165, 1.54) is 6.07 Å². The van der Waals surface area contributed by atoms with Crippen molar-refractivity contribution in [3.63, 3.8) is 0 Å². The molecule has 74 valence electrons. The summed E-state index contributed by atoms with van der Waals surface area (Å²) in [5.41, 5.74) is -1.09. The van der Waals surface area contributed by atoms with Crippen LogP contribution in [0.1, 0.15) is 23.2 Å². The molecule has 2 nitrogen and oxygen atoms in total. The van der Waals surface area contributed by atoms with Crippen LogP contribution in [0.4, 0.5) is 13.2 Å². The second kappa shape index (κ2) is 4.29. The molecule has 0 radical (unpaired) electrons. The lowest BCUT2D eigenvalue weighted by Gasteiger charge is -2.06. The molecule has 0 aliphatic rings. The molecular formula is C8H4ClF3N2. The Labute approximate surface area is 82.9 Å². The van der Waals surface area contributed by atoms with Gasteiger partial charge in [0.15, 0.2) is 0 Å². The predicted molar refractivity (Wildman–Crippen MR) is 43.4 cm³/mol. The normalized spacial score (nSPS) is 10.3. The maximum Gasteiger partial charge on any atom is 0.264 e. The van der Waals surface area contributed by atoms with Crippen LogP contribution < -0.4 is 0 Å². The quantitative estimate of drug-likeness (QED) is 0.568. The van der Waals surface area contributed by atoms with Crippen LogP contribution >= 0.6 is 11.6 Å². The third-order valence-corrected chi connectivity index (χ3v) is 1.87. The van der Waals surface area contributed by atoms with Gasteiger partial charge in [-0.05, 0) is 0 Å². The van der Waals surface area contributed by atoms with Crippen LogP contribution in [0, 0.1) is 17.3 Å². The lowest BCUT2D eigenvalue weighted by Crippen LogP contribution is -2.01. The summed E-state index contributed by atoms with van der Waals surface area (Å²) < 4.78 is 37.3. The van der Waals surface area contributed by atoms with Gasteiger partial charge in [0.05, 0.1) is 5.88 Å². The summed E-state index contributed by atoms with van der Waals surface area (Å²) in [6.07, 6.45) is -2.87. The molecule has 0 aliphatic heterocycles. The second-order valence-corrected chi connectivity index (χ2v) is 2.67. The number of pyridine rings is 1. The summed E-state index contributed by atoms with van der Waals surface area (Å²) >= 11 is 5.37. The van der Waals surface area contributed by atoms with E-state index < -0.39 is 23.6 Å². The number of halogens is 4. The Balaban J connectivity index is 3.41. The third-order valence-electron chi connectivity index (χ3n) is 1.60. The highest BCUT2D eigenvalue weighted by atomic mass is 35.5. The zero-order valence-electron chi connectivity index (χ0n) is 6.77. The molecule has 0 unspecified atom stereocenters. The molecule has 6 heteroatoms. The van der Waals surface area contributed by atoms with Crippen molar-refractivity contribution in [2.45, 2.75) is 12.3 Å². The van der Waals surface area contributed by atoms with Crippen molar-refractivity contribution in [2.24, 2.45) is 0 Å². The molecule has 0 aliphatic carbocycles. The van der Waals surface area contributed by atoms with Gasteiger partial charge in [-0.1, -0.05) is 0 Å². The summed E-state index contributed by atoms with van der Waals surface area (Å²) in [4.78, 5) is 3.16. The van der Waals surface area contributed by atoms with E-state index in [9.17, 15) is 13.2 Å². The molecule has 0 bridgehead atoms. The first-order chi connectivity index (χ1) is 6.60. The van der Waals surface area contributed by atoms with E-state index >= 15 is 0 Å². The minimum absolute atomic E-state index is 0.120. The Morgan fingerprint density at radius 1 is 1.57 bits per heavy atom. The van der Waals surface area contributed by atoms with Crippen LogP contribution in [0.3, 0.4) is 0 Å². The van der Waals surface area contributed by atoms with Crippen LogP contribution in [-0.2, 0) is 5.88 Å². The number of hydrogen-bond acceptors (Lipinski definition) is 2. The Bertz CT molecular complexity index is 387. The highest BCUT2D eigenvalue weighted by Crippen LogP contribution is 2.26. The minimum Gasteiger partial charge on any atom is -0.208 e. The van der Waals surface area contributed by atoms with Gasteiger partial charge in [-0.25, -0.2) is 13.8 Å². The molecule has 0 atom stereocenters. The van der Waals surface area contributed by atoms with Crippen molar-refractivity contribution in [3.8, 4) is 6.07 Å². The first-order valence-corrected chi connectivity index (χ1v) is 4.07. The van der Waals surface area contributed by atoms with Crippen molar-refractivity contribution in [3.05, 3.63) is 28.8 Å². The van der Waals surface area contributed by atoms with Gasteiger partial charge in [-0.3, -0.25) is 0 Å². The van der Waals surface area contributed by atoms with E-state index in [2.05, 4.69) is 4.98 Å². The fraction of sp³-hybridized carbons (Fsp3) is 0.250. The maximum absolute atomic E-state index is 12.7. The average Bonchev–Trinajstić information content (AvgIpc) is 2.16. The Morgan fingerprint density at radius 3 is 2.64 bits per heavy atom. The second-order valence-electron chi connectivity index (χ2n) is 2.41. The number of hydrogen-bond donors (Lipinski definition) is 0. The number of aromatic nitrogens is 1. The average molecular weight is 221 g/mol. The van der Waals surface area contributed by atoms with Crippen LogP contribution in [-0.4, -0.2) is 4.98 Å². The van der Waals surface area contributed by atoms with E-state index in [4.69, 9.17) is 16.9 Å². The van der Waals surface area contributed by atoms with Crippen molar-refractivity contribution in [1.82, 2.24) is 4.98 Å². The van der Waals surface area contributed by atoms with E-state index in [1.54, 1.807) is 0 Å². The molecule has 1 rings (SSSR count). The molecule has 0 spiro atoms. The summed E-state index contributed by atoms with van der Waals surface area (Å²) in [5, 5.41) is 8.50. The van der Waals surface area contributed by atoms with Crippen molar-refractivity contribution < 1.29 is 13.2 Å². The zero-order chi connectivity index (χ0) is 10.7. The highest BCUT2D eigenvalue weighted by molar-refractivity contribution is 6.17. The molecule has 0 fully saturated rings. The van der Waals surface area contributed by atoms with E-state index in [-0.39, 0.29) is 11.4 Å². The maximum atomic E-state index is 12.7. The van der Waals surface area contributed by atoms with Crippen molar-refractivity contribution >= 4 is 11.6 Å². The zero-order valence-corrected chi connectivity index (χ0v) is 7.52. The van der Waals surface area contributed by atoms with Gasteiger partial charge in [-0.2, -0.15) is 9.65 Å². The summed E-state index contributed by atoms with van der Waals surface area (Å²) in [5.74, 6) is -1.40. The van der Waals surface area contributed by atoms with Gasteiger partial charge >= 0.3 is 0 Å². The summed E-state index contributed by atoms with van der Waals surface area (Å²) in [6.45, 7) is 0. The topological polar surface area (TPSA) is 36.7 Å². The van der Waals surface area contributed by atoms with E-state index in [1.807, 2.05) is 0 Å². The van der Waals surface area contributed by atoms with E-state index in [0.29, 0.717) is 6.07 Å². The molecule has 0 aromatic carbocycles. The number of alkyl halides is 3. The van der Waals surface area contributed by atoms with Gasteiger partial charge in [0.25, 0.3) is 6.43 Å². The molecule has 0 N–H and O–H groups in total.